The smallest absolute Gasteiger partial charge is 0.258 e. The number of benzene rings is 2. The first-order valence-electron chi connectivity index (χ1n) is 8.78. The molecule has 28 heavy (non-hydrogen) atoms. The predicted molar refractivity (Wildman–Crippen MR) is 99.9 cm³/mol. The van der Waals surface area contributed by atoms with Crippen LogP contribution < -0.4 is 10.1 Å². The summed E-state index contributed by atoms with van der Waals surface area (Å²) >= 11 is 0. The lowest BCUT2D eigenvalue weighted by atomic mass is 10.2. The second kappa shape index (κ2) is 8.24. The third kappa shape index (κ3) is 4.00. The van der Waals surface area contributed by atoms with Gasteiger partial charge in [-0.05, 0) is 43.2 Å². The van der Waals surface area contributed by atoms with Crippen LogP contribution in [0.3, 0.4) is 0 Å². The van der Waals surface area contributed by atoms with Crippen molar-refractivity contribution in [3.63, 3.8) is 0 Å². The van der Waals surface area contributed by atoms with Gasteiger partial charge in [-0.15, -0.1) is 0 Å². The zero-order chi connectivity index (χ0) is 20.3. The Morgan fingerprint density at radius 1 is 1.11 bits per heavy atom. The number of rotatable bonds is 5. The number of sulfonamides is 1. The van der Waals surface area contributed by atoms with Crippen molar-refractivity contribution in [3.8, 4) is 5.75 Å². The first-order valence-corrected chi connectivity index (χ1v) is 10.2. The van der Waals surface area contributed by atoms with E-state index in [0.29, 0.717) is 13.1 Å². The van der Waals surface area contributed by atoms with Gasteiger partial charge in [0.15, 0.2) is 11.6 Å². The average molecular weight is 410 g/mol. The van der Waals surface area contributed by atoms with Crippen LogP contribution in [0.15, 0.2) is 41.3 Å². The van der Waals surface area contributed by atoms with Crippen molar-refractivity contribution >= 4 is 21.6 Å². The first-order chi connectivity index (χ1) is 13.3. The molecule has 1 saturated heterocycles. The summed E-state index contributed by atoms with van der Waals surface area (Å²) < 4.78 is 59.5. The molecule has 1 N–H and O–H groups in total. The van der Waals surface area contributed by atoms with Crippen molar-refractivity contribution in [3.05, 3.63) is 53.6 Å². The molecule has 3 rings (SSSR count). The van der Waals surface area contributed by atoms with E-state index in [4.69, 9.17) is 4.74 Å². The van der Waals surface area contributed by atoms with E-state index in [0.717, 1.165) is 31.4 Å². The number of piperidine rings is 1. The maximum absolute atomic E-state index is 13.9. The van der Waals surface area contributed by atoms with Gasteiger partial charge >= 0.3 is 0 Å². The van der Waals surface area contributed by atoms with Gasteiger partial charge in [0, 0.05) is 13.1 Å². The highest BCUT2D eigenvalue weighted by atomic mass is 32.2. The lowest BCUT2D eigenvalue weighted by Gasteiger charge is -2.26. The van der Waals surface area contributed by atoms with Crippen molar-refractivity contribution < 1.29 is 26.7 Å². The van der Waals surface area contributed by atoms with Gasteiger partial charge in [0.05, 0.1) is 23.3 Å². The number of carbonyl (C=O) groups is 1. The zero-order valence-electron chi connectivity index (χ0n) is 15.2. The minimum absolute atomic E-state index is 0.00906. The minimum atomic E-state index is -3.73. The maximum atomic E-state index is 13.9. The highest BCUT2D eigenvalue weighted by Crippen LogP contribution is 2.30. The van der Waals surface area contributed by atoms with Crippen LogP contribution in [0.2, 0.25) is 0 Å². The van der Waals surface area contributed by atoms with E-state index < -0.39 is 33.1 Å². The lowest BCUT2D eigenvalue weighted by Crippen LogP contribution is -2.35. The molecule has 0 bridgehead atoms. The summed E-state index contributed by atoms with van der Waals surface area (Å²) in [5, 5.41) is 2.41. The number of ether oxygens (including phenoxy) is 1. The molecular formula is C19H20F2N2O4S. The van der Waals surface area contributed by atoms with Crippen molar-refractivity contribution in [1.82, 2.24) is 4.31 Å². The normalized spacial score (nSPS) is 15.2. The molecule has 0 unspecified atom stereocenters. The topological polar surface area (TPSA) is 75.7 Å². The number of nitrogens with zero attached hydrogens (tertiary/aromatic N) is 1. The molecule has 1 aliphatic rings. The fraction of sp³-hybridized carbons (Fsp3) is 0.316. The molecule has 2 aromatic rings. The number of anilines is 1. The van der Waals surface area contributed by atoms with Gasteiger partial charge in [-0.25, -0.2) is 17.2 Å². The Morgan fingerprint density at radius 2 is 1.82 bits per heavy atom. The van der Waals surface area contributed by atoms with Crippen molar-refractivity contribution in [2.75, 3.05) is 25.5 Å². The van der Waals surface area contributed by atoms with Gasteiger partial charge in [0.25, 0.3) is 5.91 Å². The number of hydrogen-bond donors (Lipinski definition) is 1. The van der Waals surface area contributed by atoms with Crippen molar-refractivity contribution in [2.45, 2.75) is 24.2 Å². The Hall–Kier alpha value is -2.52. The Labute approximate surface area is 162 Å². The lowest BCUT2D eigenvalue weighted by molar-refractivity contribution is 0.102. The van der Waals surface area contributed by atoms with Crippen LogP contribution in [-0.2, 0) is 10.0 Å². The number of halogens is 2. The molecule has 9 heteroatoms. The van der Waals surface area contributed by atoms with Gasteiger partial charge in [0.2, 0.25) is 10.0 Å². The van der Waals surface area contributed by atoms with Crippen LogP contribution in [-0.4, -0.2) is 38.8 Å². The summed E-state index contributed by atoms with van der Waals surface area (Å²) in [6.45, 7) is 0.870. The van der Waals surface area contributed by atoms with Gasteiger partial charge in [-0.1, -0.05) is 12.5 Å². The summed E-state index contributed by atoms with van der Waals surface area (Å²) in [5.41, 5.74) is -0.444. The monoisotopic (exact) mass is 410 g/mol. The molecule has 0 atom stereocenters. The average Bonchev–Trinajstić information content (AvgIpc) is 2.70. The van der Waals surface area contributed by atoms with Gasteiger partial charge in [0.1, 0.15) is 5.75 Å². The van der Waals surface area contributed by atoms with Crippen LogP contribution in [0.4, 0.5) is 14.5 Å². The van der Waals surface area contributed by atoms with E-state index >= 15 is 0 Å². The molecule has 150 valence electrons. The Kier molecular flexibility index (Phi) is 5.95. The highest BCUT2D eigenvalue weighted by Gasteiger charge is 2.27. The molecule has 1 aliphatic heterocycles. The Morgan fingerprint density at radius 3 is 2.50 bits per heavy atom. The maximum Gasteiger partial charge on any atom is 0.258 e. The van der Waals surface area contributed by atoms with Crippen LogP contribution in [0.5, 0.6) is 5.75 Å². The number of hydrogen-bond acceptors (Lipinski definition) is 4. The molecular weight excluding hydrogens is 390 g/mol. The highest BCUT2D eigenvalue weighted by molar-refractivity contribution is 7.89. The summed E-state index contributed by atoms with van der Waals surface area (Å²) in [4.78, 5) is 12.4. The van der Waals surface area contributed by atoms with Gasteiger partial charge < -0.3 is 10.1 Å². The zero-order valence-corrected chi connectivity index (χ0v) is 16.1. The molecule has 0 radical (unpaired) electrons. The van der Waals surface area contributed by atoms with E-state index in [9.17, 15) is 22.0 Å². The second-order valence-electron chi connectivity index (χ2n) is 6.38. The van der Waals surface area contributed by atoms with Crippen LogP contribution in [0.1, 0.15) is 29.6 Å². The van der Waals surface area contributed by atoms with E-state index in [1.165, 1.54) is 35.7 Å². The Bertz CT molecular complexity index is 989. The van der Waals surface area contributed by atoms with E-state index in [1.54, 1.807) is 0 Å². The molecule has 1 heterocycles. The third-order valence-corrected chi connectivity index (χ3v) is 6.46. The van der Waals surface area contributed by atoms with Crippen LogP contribution in [0, 0.1) is 11.6 Å². The molecule has 6 nitrogen and oxygen atoms in total. The standard InChI is InChI=1S/C19H20F2N2O4S/c1-27-17-9-8-13(28(25,26)23-10-3-2-4-11-23)12-16(17)22-19(24)14-6-5-7-15(20)18(14)21/h5-9,12H,2-4,10-11H2,1H3,(H,22,24). The van der Waals surface area contributed by atoms with Gasteiger partial charge in [-0.3, -0.25) is 4.79 Å². The molecule has 0 aliphatic carbocycles. The summed E-state index contributed by atoms with van der Waals surface area (Å²) in [7, 11) is -2.38. The number of carbonyl (C=O) groups excluding carboxylic acids is 1. The number of nitrogens with one attached hydrogen (secondary N) is 1. The fourth-order valence-electron chi connectivity index (χ4n) is 3.07. The fourth-order valence-corrected chi connectivity index (χ4v) is 4.61. The third-order valence-electron chi connectivity index (χ3n) is 4.57. The second-order valence-corrected chi connectivity index (χ2v) is 8.32. The van der Waals surface area contributed by atoms with Crippen molar-refractivity contribution in [2.24, 2.45) is 0 Å². The first kappa shape index (κ1) is 20.2. The van der Waals surface area contributed by atoms with E-state index in [-0.39, 0.29) is 16.3 Å². The van der Waals surface area contributed by atoms with Crippen LogP contribution in [0.25, 0.3) is 0 Å². The van der Waals surface area contributed by atoms with E-state index in [1.807, 2.05) is 0 Å². The number of amides is 1. The van der Waals surface area contributed by atoms with Crippen LogP contribution >= 0.6 is 0 Å². The predicted octanol–water partition coefficient (Wildman–Crippen LogP) is 3.40. The molecule has 2 aromatic carbocycles. The molecule has 0 spiro atoms. The summed E-state index contributed by atoms with van der Waals surface area (Å²) in [6, 6.07) is 7.31. The Balaban J connectivity index is 1.93. The van der Waals surface area contributed by atoms with Crippen molar-refractivity contribution in [1.29, 1.82) is 0 Å². The molecule has 0 saturated carbocycles. The number of methoxy groups -OCH3 is 1. The largest absolute Gasteiger partial charge is 0.495 e. The van der Waals surface area contributed by atoms with E-state index in [2.05, 4.69) is 5.32 Å². The van der Waals surface area contributed by atoms with Gasteiger partial charge in [-0.2, -0.15) is 4.31 Å². The molecule has 0 aromatic heterocycles. The SMILES string of the molecule is COc1ccc(S(=O)(=O)N2CCCCC2)cc1NC(=O)c1cccc(F)c1F. The molecule has 1 fully saturated rings. The molecule has 1 amide bonds. The summed E-state index contributed by atoms with van der Waals surface area (Å²) in [5.74, 6) is -3.15. The minimum Gasteiger partial charge on any atom is -0.495 e. The quantitative estimate of drug-likeness (QED) is 0.820. The summed E-state index contributed by atoms with van der Waals surface area (Å²) in [6.07, 6.45) is 2.56.